The monoisotopic (exact) mass is 283 g/mol. The van der Waals surface area contributed by atoms with E-state index in [1.54, 1.807) is 12.4 Å². The van der Waals surface area contributed by atoms with E-state index in [2.05, 4.69) is 15.0 Å². The van der Waals surface area contributed by atoms with E-state index in [4.69, 9.17) is 0 Å². The number of rotatable bonds is 9. The third-order valence-corrected chi connectivity index (χ3v) is 4.48. The van der Waals surface area contributed by atoms with Crippen LogP contribution in [0.2, 0.25) is 0 Å². The highest BCUT2D eigenvalue weighted by Gasteiger charge is 2.19. The topological polar surface area (TPSA) is 71.1 Å². The summed E-state index contributed by atoms with van der Waals surface area (Å²) in [6.07, 6.45) is 7.25. The van der Waals surface area contributed by atoms with E-state index in [1.807, 2.05) is 12.1 Å². The Morgan fingerprint density at radius 2 is 1.95 bits per heavy atom. The average molecular weight is 283 g/mol. The first-order valence-electron chi connectivity index (χ1n) is 6.75. The van der Waals surface area contributed by atoms with Crippen LogP contribution >= 0.6 is 0 Å². The standard InChI is InChI=1S/C13H21N3O2S/c17-19(18,11-6-12-4-9-14-10-5-12)16-8-1-7-15-13-2-3-13/h4-5,9-10,13,15-16H,1-3,6-8,11H2. The molecular weight excluding hydrogens is 262 g/mol. The van der Waals surface area contributed by atoms with Gasteiger partial charge in [-0.2, -0.15) is 0 Å². The second kappa shape index (κ2) is 6.98. The summed E-state index contributed by atoms with van der Waals surface area (Å²) in [5.74, 6) is 0.132. The van der Waals surface area contributed by atoms with Gasteiger partial charge >= 0.3 is 0 Å². The Hall–Kier alpha value is -0.980. The molecule has 1 fully saturated rings. The molecule has 2 rings (SSSR count). The highest BCUT2D eigenvalue weighted by atomic mass is 32.2. The molecule has 0 aromatic carbocycles. The van der Waals surface area contributed by atoms with Gasteiger partial charge in [0.2, 0.25) is 10.0 Å². The van der Waals surface area contributed by atoms with Gasteiger partial charge in [0.05, 0.1) is 5.75 Å². The number of aromatic nitrogens is 1. The van der Waals surface area contributed by atoms with E-state index < -0.39 is 10.0 Å². The SMILES string of the molecule is O=S(=O)(CCc1ccncc1)NCCCNC1CC1. The van der Waals surface area contributed by atoms with Gasteiger partial charge in [0.1, 0.15) is 0 Å². The van der Waals surface area contributed by atoms with Crippen LogP contribution in [0.15, 0.2) is 24.5 Å². The first-order chi connectivity index (χ1) is 9.16. The summed E-state index contributed by atoms with van der Waals surface area (Å²) in [6.45, 7) is 1.40. The van der Waals surface area contributed by atoms with Crippen LogP contribution in [0.25, 0.3) is 0 Å². The van der Waals surface area contributed by atoms with Crippen LogP contribution in [-0.4, -0.2) is 38.3 Å². The first-order valence-corrected chi connectivity index (χ1v) is 8.40. The van der Waals surface area contributed by atoms with Crippen molar-refractivity contribution in [2.45, 2.75) is 31.7 Å². The van der Waals surface area contributed by atoms with E-state index in [0.717, 1.165) is 18.5 Å². The van der Waals surface area contributed by atoms with Crippen LogP contribution < -0.4 is 10.0 Å². The minimum absolute atomic E-state index is 0.132. The highest BCUT2D eigenvalue weighted by Crippen LogP contribution is 2.18. The quantitative estimate of drug-likeness (QED) is 0.654. The van der Waals surface area contributed by atoms with Crippen molar-refractivity contribution in [2.75, 3.05) is 18.8 Å². The molecule has 0 radical (unpaired) electrons. The zero-order valence-corrected chi connectivity index (χ0v) is 11.8. The minimum Gasteiger partial charge on any atom is -0.314 e. The summed E-state index contributed by atoms with van der Waals surface area (Å²) in [5, 5.41) is 3.36. The second-order valence-electron chi connectivity index (χ2n) is 4.90. The molecule has 0 atom stereocenters. The molecule has 5 nitrogen and oxygen atoms in total. The van der Waals surface area contributed by atoms with Crippen molar-refractivity contribution in [3.8, 4) is 0 Å². The van der Waals surface area contributed by atoms with Crippen LogP contribution in [0.4, 0.5) is 0 Å². The van der Waals surface area contributed by atoms with Gasteiger partial charge < -0.3 is 5.32 Å². The largest absolute Gasteiger partial charge is 0.314 e. The minimum atomic E-state index is -3.16. The van der Waals surface area contributed by atoms with Crippen molar-refractivity contribution in [1.82, 2.24) is 15.0 Å². The fraction of sp³-hybridized carbons (Fsp3) is 0.615. The van der Waals surface area contributed by atoms with Crippen molar-refractivity contribution >= 4 is 10.0 Å². The van der Waals surface area contributed by atoms with E-state index in [1.165, 1.54) is 12.8 Å². The molecule has 6 heteroatoms. The van der Waals surface area contributed by atoms with Crippen LogP contribution in [0.5, 0.6) is 0 Å². The maximum atomic E-state index is 11.8. The Morgan fingerprint density at radius 1 is 1.21 bits per heavy atom. The van der Waals surface area contributed by atoms with Crippen molar-refractivity contribution in [1.29, 1.82) is 0 Å². The Kier molecular flexibility index (Phi) is 5.30. The summed E-state index contributed by atoms with van der Waals surface area (Å²) in [4.78, 5) is 3.91. The van der Waals surface area contributed by atoms with Crippen molar-refractivity contribution in [3.63, 3.8) is 0 Å². The Morgan fingerprint density at radius 3 is 2.63 bits per heavy atom. The molecule has 19 heavy (non-hydrogen) atoms. The van der Waals surface area contributed by atoms with Gasteiger partial charge in [0.15, 0.2) is 0 Å². The van der Waals surface area contributed by atoms with Gasteiger partial charge in [0, 0.05) is 25.0 Å². The average Bonchev–Trinajstić information content (AvgIpc) is 3.21. The van der Waals surface area contributed by atoms with Gasteiger partial charge in [-0.3, -0.25) is 4.98 Å². The number of pyridine rings is 1. The first kappa shape index (κ1) is 14.4. The van der Waals surface area contributed by atoms with E-state index in [0.29, 0.717) is 19.0 Å². The van der Waals surface area contributed by atoms with E-state index in [-0.39, 0.29) is 5.75 Å². The van der Waals surface area contributed by atoms with E-state index in [9.17, 15) is 8.42 Å². The molecule has 1 aliphatic rings. The summed E-state index contributed by atoms with van der Waals surface area (Å²) in [7, 11) is -3.16. The molecule has 106 valence electrons. The smallest absolute Gasteiger partial charge is 0.211 e. The zero-order valence-electron chi connectivity index (χ0n) is 11.0. The molecule has 1 aliphatic carbocycles. The van der Waals surface area contributed by atoms with Crippen molar-refractivity contribution in [2.24, 2.45) is 0 Å². The van der Waals surface area contributed by atoms with Gasteiger partial charge in [-0.1, -0.05) is 0 Å². The Bertz CT molecular complexity index is 472. The molecule has 0 spiro atoms. The second-order valence-corrected chi connectivity index (χ2v) is 6.83. The number of nitrogens with one attached hydrogen (secondary N) is 2. The third-order valence-electron chi connectivity index (χ3n) is 3.09. The highest BCUT2D eigenvalue weighted by molar-refractivity contribution is 7.89. The van der Waals surface area contributed by atoms with Crippen LogP contribution in [0.3, 0.4) is 0 Å². The summed E-state index contributed by atoms with van der Waals surface area (Å²) < 4.78 is 26.2. The molecule has 0 unspecified atom stereocenters. The lowest BCUT2D eigenvalue weighted by atomic mass is 10.2. The molecule has 0 bridgehead atoms. The molecule has 1 aromatic heterocycles. The normalized spacial score (nSPS) is 15.6. The fourth-order valence-corrected chi connectivity index (χ4v) is 2.89. The molecule has 2 N–H and O–H groups in total. The number of hydrogen-bond donors (Lipinski definition) is 2. The summed E-state index contributed by atoms with van der Waals surface area (Å²) >= 11 is 0. The molecule has 0 aliphatic heterocycles. The molecule has 0 amide bonds. The lowest BCUT2D eigenvalue weighted by Gasteiger charge is -2.07. The molecule has 0 saturated heterocycles. The van der Waals surface area contributed by atoms with Gasteiger partial charge in [-0.25, -0.2) is 13.1 Å². The number of nitrogens with zero attached hydrogens (tertiary/aromatic N) is 1. The summed E-state index contributed by atoms with van der Waals surface area (Å²) in [5.41, 5.74) is 0.996. The van der Waals surface area contributed by atoms with E-state index >= 15 is 0 Å². The maximum Gasteiger partial charge on any atom is 0.211 e. The predicted molar refractivity (Wildman–Crippen MR) is 75.4 cm³/mol. The van der Waals surface area contributed by atoms with Crippen molar-refractivity contribution < 1.29 is 8.42 Å². The Labute approximate surface area is 114 Å². The number of aryl methyl sites for hydroxylation is 1. The lowest BCUT2D eigenvalue weighted by Crippen LogP contribution is -2.30. The van der Waals surface area contributed by atoms with Crippen molar-refractivity contribution in [3.05, 3.63) is 30.1 Å². The molecular formula is C13H21N3O2S. The van der Waals surface area contributed by atoms with Gasteiger partial charge in [-0.15, -0.1) is 0 Å². The fourth-order valence-electron chi connectivity index (χ4n) is 1.78. The lowest BCUT2D eigenvalue weighted by molar-refractivity contribution is 0.572. The third kappa shape index (κ3) is 6.13. The molecule has 1 aromatic rings. The van der Waals surface area contributed by atoms with Crippen LogP contribution in [-0.2, 0) is 16.4 Å². The number of hydrogen-bond acceptors (Lipinski definition) is 4. The van der Waals surface area contributed by atoms with Gasteiger partial charge in [-0.05, 0) is 49.9 Å². The maximum absolute atomic E-state index is 11.8. The van der Waals surface area contributed by atoms with Crippen LogP contribution in [0, 0.1) is 0 Å². The molecule has 1 heterocycles. The number of sulfonamides is 1. The Balaban J connectivity index is 1.60. The predicted octanol–water partition coefficient (Wildman–Crippen LogP) is 0.686. The van der Waals surface area contributed by atoms with Crippen LogP contribution in [0.1, 0.15) is 24.8 Å². The molecule has 1 saturated carbocycles. The van der Waals surface area contributed by atoms with Gasteiger partial charge in [0.25, 0.3) is 0 Å². The zero-order chi connectivity index (χ0) is 13.6. The summed E-state index contributed by atoms with van der Waals surface area (Å²) in [6, 6.07) is 4.37.